The number of benzene rings is 2. The van der Waals surface area contributed by atoms with Crippen molar-refractivity contribution in [2.24, 2.45) is 0 Å². The van der Waals surface area contributed by atoms with Gasteiger partial charge < -0.3 is 4.74 Å². The molecule has 0 atom stereocenters. The second-order valence-corrected chi connectivity index (χ2v) is 6.95. The zero-order valence-electron chi connectivity index (χ0n) is 13.3. The third kappa shape index (κ3) is 6.22. The van der Waals surface area contributed by atoms with Crippen molar-refractivity contribution in [3.05, 3.63) is 70.1 Å². The number of nitriles is 1. The Morgan fingerprint density at radius 1 is 1.19 bits per heavy atom. The Morgan fingerprint density at radius 2 is 1.88 bits per heavy atom. The van der Waals surface area contributed by atoms with E-state index in [1.54, 1.807) is 36.4 Å². The van der Waals surface area contributed by atoms with Crippen LogP contribution in [0, 0.1) is 11.3 Å². The summed E-state index contributed by atoms with van der Waals surface area (Å²) in [4.78, 5) is 13.6. The van der Waals surface area contributed by atoms with Crippen LogP contribution in [0.1, 0.15) is 11.1 Å². The summed E-state index contributed by atoms with van der Waals surface area (Å²) in [5, 5.41) is 10.4. The molecule has 0 heterocycles. The highest BCUT2D eigenvalue weighted by Crippen LogP contribution is 2.16. The van der Waals surface area contributed by atoms with Crippen molar-refractivity contribution in [1.29, 1.82) is 5.26 Å². The standard InChI is InChI=1S/C17H14ClN3O4S/c18-15-7-5-13(6-8-15)9-10-26(23,24)21-20-17(22)12-25-16-4-2-1-3-14(16)11-19/h1-10,21H,12H2,(H,20,22)/b10-9+. The fourth-order valence-electron chi connectivity index (χ4n) is 1.77. The number of carbonyl (C=O) groups excluding carboxylic acids is 1. The molecule has 2 aromatic rings. The Labute approximate surface area is 155 Å². The highest BCUT2D eigenvalue weighted by Gasteiger charge is 2.10. The second-order valence-electron chi connectivity index (χ2n) is 4.95. The molecule has 0 saturated heterocycles. The van der Waals surface area contributed by atoms with Gasteiger partial charge in [0.25, 0.3) is 15.9 Å². The number of hydrogen-bond acceptors (Lipinski definition) is 5. The van der Waals surface area contributed by atoms with Crippen LogP contribution < -0.4 is 15.0 Å². The van der Waals surface area contributed by atoms with Gasteiger partial charge in [0.05, 0.1) is 5.56 Å². The first-order valence-electron chi connectivity index (χ1n) is 7.26. The molecule has 0 radical (unpaired) electrons. The van der Waals surface area contributed by atoms with Gasteiger partial charge in [-0.25, -0.2) is 8.42 Å². The third-order valence-corrected chi connectivity index (χ3v) is 4.14. The van der Waals surface area contributed by atoms with Crippen molar-refractivity contribution in [3.63, 3.8) is 0 Å². The Kier molecular flexibility index (Phi) is 6.74. The predicted molar refractivity (Wildman–Crippen MR) is 97.3 cm³/mol. The van der Waals surface area contributed by atoms with Gasteiger partial charge in [0.15, 0.2) is 6.61 Å². The van der Waals surface area contributed by atoms with Crippen molar-refractivity contribution in [2.45, 2.75) is 0 Å². The lowest BCUT2D eigenvalue weighted by molar-refractivity contribution is -0.123. The molecule has 7 nitrogen and oxygen atoms in total. The summed E-state index contributed by atoms with van der Waals surface area (Å²) in [7, 11) is -3.88. The first kappa shape index (κ1) is 19.5. The van der Waals surface area contributed by atoms with E-state index in [-0.39, 0.29) is 11.3 Å². The summed E-state index contributed by atoms with van der Waals surface area (Å²) in [6.07, 6.45) is 1.35. The Balaban J connectivity index is 1.85. The number of amides is 1. The van der Waals surface area contributed by atoms with Crippen molar-refractivity contribution in [3.8, 4) is 11.8 Å². The molecule has 0 aromatic heterocycles. The van der Waals surface area contributed by atoms with E-state index in [4.69, 9.17) is 21.6 Å². The van der Waals surface area contributed by atoms with Crippen LogP contribution in [0.2, 0.25) is 5.02 Å². The molecule has 134 valence electrons. The summed E-state index contributed by atoms with van der Waals surface area (Å²) < 4.78 is 28.9. The van der Waals surface area contributed by atoms with Crippen LogP contribution in [-0.2, 0) is 14.8 Å². The molecule has 0 aliphatic carbocycles. The average molecular weight is 392 g/mol. The van der Waals surface area contributed by atoms with Crippen molar-refractivity contribution < 1.29 is 17.9 Å². The number of rotatable bonds is 7. The predicted octanol–water partition coefficient (Wildman–Crippen LogP) is 2.21. The molecule has 0 fully saturated rings. The van der Waals surface area contributed by atoms with Crippen LogP contribution in [-0.4, -0.2) is 20.9 Å². The normalized spacial score (nSPS) is 11.1. The first-order chi connectivity index (χ1) is 12.4. The van der Waals surface area contributed by atoms with Gasteiger partial charge in [-0.05, 0) is 35.9 Å². The molecule has 2 rings (SSSR count). The van der Waals surface area contributed by atoms with E-state index in [2.05, 4.69) is 0 Å². The van der Waals surface area contributed by atoms with Crippen molar-refractivity contribution in [2.75, 3.05) is 6.61 Å². The van der Waals surface area contributed by atoms with E-state index in [1.165, 1.54) is 18.2 Å². The summed E-state index contributed by atoms with van der Waals surface area (Å²) >= 11 is 5.75. The summed E-state index contributed by atoms with van der Waals surface area (Å²) in [5.74, 6) is -0.489. The minimum atomic E-state index is -3.88. The number of carbonyl (C=O) groups is 1. The number of nitrogens with zero attached hydrogens (tertiary/aromatic N) is 1. The molecule has 9 heteroatoms. The minimum Gasteiger partial charge on any atom is -0.482 e. The maximum absolute atomic E-state index is 11.8. The quantitative estimate of drug-likeness (QED) is 0.703. The van der Waals surface area contributed by atoms with Crippen LogP contribution >= 0.6 is 11.6 Å². The molecule has 2 aromatic carbocycles. The molecular weight excluding hydrogens is 378 g/mol. The van der Waals surface area contributed by atoms with E-state index < -0.39 is 22.5 Å². The van der Waals surface area contributed by atoms with Crippen LogP contribution in [0.3, 0.4) is 0 Å². The number of para-hydroxylation sites is 1. The van der Waals surface area contributed by atoms with Crippen LogP contribution in [0.5, 0.6) is 5.75 Å². The monoisotopic (exact) mass is 391 g/mol. The Bertz CT molecular complexity index is 951. The molecule has 0 aliphatic heterocycles. The van der Waals surface area contributed by atoms with Gasteiger partial charge in [0.2, 0.25) is 0 Å². The smallest absolute Gasteiger partial charge is 0.272 e. The van der Waals surface area contributed by atoms with E-state index in [1.807, 2.05) is 16.3 Å². The number of ether oxygens (including phenoxy) is 1. The molecule has 26 heavy (non-hydrogen) atoms. The van der Waals surface area contributed by atoms with Gasteiger partial charge in [-0.1, -0.05) is 35.9 Å². The number of hydrazine groups is 1. The summed E-state index contributed by atoms with van der Waals surface area (Å²) in [6.45, 7) is -0.456. The summed E-state index contributed by atoms with van der Waals surface area (Å²) in [5.41, 5.74) is 2.92. The SMILES string of the molecule is N#Cc1ccccc1OCC(=O)NNS(=O)(=O)/C=C/c1ccc(Cl)cc1. The Morgan fingerprint density at radius 3 is 2.58 bits per heavy atom. The van der Waals surface area contributed by atoms with Crippen LogP contribution in [0.15, 0.2) is 53.9 Å². The zero-order valence-corrected chi connectivity index (χ0v) is 14.9. The van der Waals surface area contributed by atoms with Gasteiger partial charge in [-0.3, -0.25) is 10.2 Å². The van der Waals surface area contributed by atoms with Gasteiger partial charge in [0, 0.05) is 10.4 Å². The second kappa shape index (κ2) is 9.01. The van der Waals surface area contributed by atoms with E-state index in [0.29, 0.717) is 10.6 Å². The molecule has 0 saturated carbocycles. The number of hydrogen-bond donors (Lipinski definition) is 2. The van der Waals surface area contributed by atoms with Gasteiger partial charge in [-0.15, -0.1) is 4.83 Å². The van der Waals surface area contributed by atoms with E-state index in [0.717, 1.165) is 5.41 Å². The average Bonchev–Trinajstić information content (AvgIpc) is 2.64. The highest BCUT2D eigenvalue weighted by atomic mass is 35.5. The van der Waals surface area contributed by atoms with Gasteiger partial charge in [-0.2, -0.15) is 5.26 Å². The van der Waals surface area contributed by atoms with E-state index in [9.17, 15) is 13.2 Å². The molecule has 1 amide bonds. The van der Waals surface area contributed by atoms with Gasteiger partial charge >= 0.3 is 0 Å². The number of halogens is 1. The topological polar surface area (TPSA) is 108 Å². The van der Waals surface area contributed by atoms with Crippen LogP contribution in [0.25, 0.3) is 6.08 Å². The molecular formula is C17H14ClN3O4S. The molecule has 0 spiro atoms. The highest BCUT2D eigenvalue weighted by molar-refractivity contribution is 7.92. The first-order valence-corrected chi connectivity index (χ1v) is 9.18. The summed E-state index contributed by atoms with van der Waals surface area (Å²) in [6, 6.07) is 14.8. The third-order valence-electron chi connectivity index (χ3n) is 3.01. The number of nitrogens with one attached hydrogen (secondary N) is 2. The van der Waals surface area contributed by atoms with Crippen LogP contribution in [0.4, 0.5) is 0 Å². The Hall–Kier alpha value is -2.86. The fourth-order valence-corrected chi connectivity index (χ4v) is 2.55. The molecule has 0 unspecified atom stereocenters. The lowest BCUT2D eigenvalue weighted by Gasteiger charge is -2.08. The van der Waals surface area contributed by atoms with E-state index >= 15 is 0 Å². The zero-order chi connectivity index (χ0) is 19.0. The molecule has 0 aliphatic rings. The fraction of sp³-hybridized carbons (Fsp3) is 0.0588. The van der Waals surface area contributed by atoms with Crippen molar-refractivity contribution in [1.82, 2.24) is 10.3 Å². The minimum absolute atomic E-state index is 0.232. The lowest BCUT2D eigenvalue weighted by Crippen LogP contribution is -2.42. The maximum Gasteiger partial charge on any atom is 0.272 e. The molecule has 2 N–H and O–H groups in total. The molecule has 0 bridgehead atoms. The lowest BCUT2D eigenvalue weighted by atomic mass is 10.2. The maximum atomic E-state index is 11.8. The van der Waals surface area contributed by atoms with Crippen molar-refractivity contribution >= 4 is 33.6 Å². The largest absolute Gasteiger partial charge is 0.482 e. The van der Waals surface area contributed by atoms with Gasteiger partial charge in [0.1, 0.15) is 11.8 Å². The number of sulfonamides is 1.